The van der Waals surface area contributed by atoms with Crippen LogP contribution in [0.25, 0.3) is 0 Å². The number of carbonyl (C=O) groups excluding carboxylic acids is 2. The van der Waals surface area contributed by atoms with Crippen LogP contribution in [0.15, 0.2) is 24.3 Å². The monoisotopic (exact) mass is 277 g/mol. The maximum absolute atomic E-state index is 12.0. The topological polar surface area (TPSA) is 70.7 Å². The molecule has 0 unspecified atom stereocenters. The van der Waals surface area contributed by atoms with Crippen LogP contribution in [0.2, 0.25) is 0 Å². The number of carbonyl (C=O) groups is 2. The van der Waals surface area contributed by atoms with Crippen LogP contribution < -0.4 is 10.6 Å². The quantitative estimate of drug-likeness (QED) is 0.776. The fraction of sp³-hybridized carbons (Fsp3) is 0.429. The van der Waals surface area contributed by atoms with E-state index < -0.39 is 5.97 Å². The highest BCUT2D eigenvalue weighted by Gasteiger charge is 2.16. The minimum absolute atomic E-state index is 0.122. The molecule has 2 N–H and O–H groups in total. The number of amides is 1. The van der Waals surface area contributed by atoms with Gasteiger partial charge in [0.1, 0.15) is 0 Å². The Hall–Kier alpha value is -1.92. The molecule has 1 aromatic rings. The second-order valence-corrected chi connectivity index (χ2v) is 4.61. The molecule has 0 aliphatic carbocycles. The minimum Gasteiger partial charge on any atom is -0.465 e. The Morgan fingerprint density at radius 1 is 1.30 bits per heavy atom. The highest BCUT2D eigenvalue weighted by molar-refractivity contribution is 6.01. The first-order valence-electron chi connectivity index (χ1n) is 6.61. The summed E-state index contributed by atoms with van der Waals surface area (Å²) in [6.45, 7) is 3.83. The Morgan fingerprint density at radius 2 is 2.00 bits per heavy atom. The molecule has 1 aliphatic rings. The summed E-state index contributed by atoms with van der Waals surface area (Å²) in [5.74, 6) is -0.577. The molecule has 1 saturated heterocycles. The number of methoxy groups -OCH3 is 1. The molecule has 0 atom stereocenters. The van der Waals surface area contributed by atoms with Gasteiger partial charge < -0.3 is 15.4 Å². The Kier molecular flexibility index (Phi) is 5.09. The molecule has 2 rings (SSSR count). The van der Waals surface area contributed by atoms with Gasteiger partial charge in [-0.25, -0.2) is 4.79 Å². The highest BCUT2D eigenvalue weighted by Crippen LogP contribution is 2.15. The van der Waals surface area contributed by atoms with Crippen LogP contribution in [-0.4, -0.2) is 56.6 Å². The third-order valence-electron chi connectivity index (χ3n) is 3.18. The van der Waals surface area contributed by atoms with Crippen molar-refractivity contribution in [2.24, 2.45) is 0 Å². The molecule has 0 radical (unpaired) electrons. The standard InChI is InChI=1S/C14H19N3O3/c1-20-14(19)11-4-2-3-5-12(11)16-13(18)10-17-8-6-15-7-9-17/h2-5,15H,6-10H2,1H3,(H,16,18). The molecule has 1 heterocycles. The van der Waals surface area contributed by atoms with Crippen molar-refractivity contribution in [3.63, 3.8) is 0 Å². The van der Waals surface area contributed by atoms with Crippen LogP contribution in [0.5, 0.6) is 0 Å². The zero-order valence-electron chi connectivity index (χ0n) is 11.5. The fourth-order valence-electron chi connectivity index (χ4n) is 2.14. The van der Waals surface area contributed by atoms with Crippen molar-refractivity contribution in [2.75, 3.05) is 45.2 Å². The molecular formula is C14H19N3O3. The Bertz CT molecular complexity index is 484. The zero-order chi connectivity index (χ0) is 14.4. The smallest absolute Gasteiger partial charge is 0.339 e. The van der Waals surface area contributed by atoms with Crippen molar-refractivity contribution in [2.45, 2.75) is 0 Å². The summed E-state index contributed by atoms with van der Waals surface area (Å²) in [5.41, 5.74) is 0.850. The van der Waals surface area contributed by atoms with E-state index in [1.807, 2.05) is 0 Å². The van der Waals surface area contributed by atoms with Crippen molar-refractivity contribution in [3.8, 4) is 0 Å². The third kappa shape index (κ3) is 3.79. The molecule has 1 aromatic carbocycles. The van der Waals surface area contributed by atoms with Gasteiger partial charge in [0.25, 0.3) is 0 Å². The van der Waals surface area contributed by atoms with Gasteiger partial charge in [0.2, 0.25) is 5.91 Å². The van der Waals surface area contributed by atoms with Crippen molar-refractivity contribution in [1.82, 2.24) is 10.2 Å². The van der Waals surface area contributed by atoms with Gasteiger partial charge in [-0.1, -0.05) is 12.1 Å². The van der Waals surface area contributed by atoms with Crippen LogP contribution in [0.3, 0.4) is 0 Å². The van der Waals surface area contributed by atoms with Crippen molar-refractivity contribution >= 4 is 17.6 Å². The lowest BCUT2D eigenvalue weighted by molar-refractivity contribution is -0.117. The summed E-state index contributed by atoms with van der Waals surface area (Å²) in [6, 6.07) is 6.83. The molecule has 0 saturated carbocycles. The molecule has 6 nitrogen and oxygen atoms in total. The Morgan fingerprint density at radius 3 is 2.70 bits per heavy atom. The SMILES string of the molecule is COC(=O)c1ccccc1NC(=O)CN1CCNCC1. The van der Waals surface area contributed by atoms with E-state index in [-0.39, 0.29) is 5.91 Å². The van der Waals surface area contributed by atoms with Crippen molar-refractivity contribution in [1.29, 1.82) is 0 Å². The molecule has 20 heavy (non-hydrogen) atoms. The number of esters is 1. The van der Waals surface area contributed by atoms with Crippen LogP contribution in [0, 0.1) is 0 Å². The van der Waals surface area contributed by atoms with Crippen molar-refractivity contribution in [3.05, 3.63) is 29.8 Å². The average molecular weight is 277 g/mol. The maximum atomic E-state index is 12.0. The Labute approximate surface area is 118 Å². The zero-order valence-corrected chi connectivity index (χ0v) is 11.5. The number of para-hydroxylation sites is 1. The van der Waals surface area contributed by atoms with E-state index in [4.69, 9.17) is 4.74 Å². The highest BCUT2D eigenvalue weighted by atomic mass is 16.5. The number of hydrogen-bond donors (Lipinski definition) is 2. The summed E-state index contributed by atoms with van der Waals surface area (Å²) in [6.07, 6.45) is 0. The third-order valence-corrected chi connectivity index (χ3v) is 3.18. The number of anilines is 1. The van der Waals surface area contributed by atoms with Crippen LogP contribution in [0.1, 0.15) is 10.4 Å². The minimum atomic E-state index is -0.455. The van der Waals surface area contributed by atoms with Crippen molar-refractivity contribution < 1.29 is 14.3 Å². The second-order valence-electron chi connectivity index (χ2n) is 4.61. The lowest BCUT2D eigenvalue weighted by Crippen LogP contribution is -2.46. The molecule has 0 spiro atoms. The largest absolute Gasteiger partial charge is 0.465 e. The summed E-state index contributed by atoms with van der Waals surface area (Å²) < 4.78 is 4.70. The average Bonchev–Trinajstić information content (AvgIpc) is 2.48. The number of benzene rings is 1. The first kappa shape index (κ1) is 14.5. The predicted octanol–water partition coefficient (Wildman–Crippen LogP) is 0.317. The van der Waals surface area contributed by atoms with Gasteiger partial charge in [0.05, 0.1) is 24.9 Å². The van der Waals surface area contributed by atoms with E-state index in [1.165, 1.54) is 7.11 Å². The maximum Gasteiger partial charge on any atom is 0.339 e. The molecule has 6 heteroatoms. The summed E-state index contributed by atoms with van der Waals surface area (Å²) in [7, 11) is 1.32. The molecule has 1 amide bonds. The summed E-state index contributed by atoms with van der Waals surface area (Å²) in [5, 5.41) is 6.01. The molecular weight excluding hydrogens is 258 g/mol. The molecule has 0 bridgehead atoms. The predicted molar refractivity (Wildman–Crippen MR) is 75.7 cm³/mol. The molecule has 1 fully saturated rings. The first-order valence-corrected chi connectivity index (χ1v) is 6.61. The molecule has 1 aliphatic heterocycles. The van der Waals surface area contributed by atoms with Crippen LogP contribution >= 0.6 is 0 Å². The van der Waals surface area contributed by atoms with Crippen LogP contribution in [-0.2, 0) is 9.53 Å². The fourth-order valence-corrected chi connectivity index (χ4v) is 2.14. The van der Waals surface area contributed by atoms with Gasteiger partial charge in [0, 0.05) is 26.2 Å². The van der Waals surface area contributed by atoms with E-state index in [1.54, 1.807) is 24.3 Å². The van der Waals surface area contributed by atoms with E-state index >= 15 is 0 Å². The number of piperazine rings is 1. The number of ether oxygens (including phenoxy) is 1. The number of rotatable bonds is 4. The summed E-state index contributed by atoms with van der Waals surface area (Å²) >= 11 is 0. The van der Waals surface area contributed by atoms with E-state index in [2.05, 4.69) is 15.5 Å². The van der Waals surface area contributed by atoms with Gasteiger partial charge in [-0.2, -0.15) is 0 Å². The number of hydrogen-bond acceptors (Lipinski definition) is 5. The van der Waals surface area contributed by atoms with Gasteiger partial charge in [0.15, 0.2) is 0 Å². The first-order chi connectivity index (χ1) is 9.70. The normalized spacial score (nSPS) is 15.7. The number of nitrogens with one attached hydrogen (secondary N) is 2. The van der Waals surface area contributed by atoms with Gasteiger partial charge in [-0.3, -0.25) is 9.69 Å². The van der Waals surface area contributed by atoms with Gasteiger partial charge in [-0.05, 0) is 12.1 Å². The molecule has 0 aromatic heterocycles. The van der Waals surface area contributed by atoms with E-state index in [0.29, 0.717) is 17.8 Å². The van der Waals surface area contributed by atoms with E-state index in [0.717, 1.165) is 26.2 Å². The van der Waals surface area contributed by atoms with Gasteiger partial charge in [-0.15, -0.1) is 0 Å². The second kappa shape index (κ2) is 7.02. The lowest BCUT2D eigenvalue weighted by atomic mass is 10.2. The lowest BCUT2D eigenvalue weighted by Gasteiger charge is -2.26. The summed E-state index contributed by atoms with van der Waals surface area (Å²) in [4.78, 5) is 25.7. The molecule has 108 valence electrons. The number of nitrogens with zero attached hydrogens (tertiary/aromatic N) is 1. The Balaban J connectivity index is 1.98. The van der Waals surface area contributed by atoms with E-state index in [9.17, 15) is 9.59 Å². The van der Waals surface area contributed by atoms with Gasteiger partial charge >= 0.3 is 5.97 Å². The van der Waals surface area contributed by atoms with Crippen LogP contribution in [0.4, 0.5) is 5.69 Å².